The number of likely N-dealkylation sites (N-methyl/N-ethyl adjacent to an activating group) is 1. The van der Waals surface area contributed by atoms with E-state index in [2.05, 4.69) is 4.90 Å². The van der Waals surface area contributed by atoms with Gasteiger partial charge in [0.1, 0.15) is 12.4 Å². The van der Waals surface area contributed by atoms with Crippen LogP contribution in [0.1, 0.15) is 5.56 Å². The van der Waals surface area contributed by atoms with Gasteiger partial charge in [-0.25, -0.2) is 0 Å². The third-order valence-corrected chi connectivity index (χ3v) is 4.70. The lowest BCUT2D eigenvalue weighted by Gasteiger charge is -2.18. The second-order valence-corrected chi connectivity index (χ2v) is 6.82. The normalized spacial score (nSPS) is 10.9. The van der Waals surface area contributed by atoms with E-state index in [0.29, 0.717) is 24.6 Å². The number of non-ortho nitro benzene ring substituents is 2. The topological polar surface area (TPSA) is 104 Å². The Labute approximate surface area is 173 Å². The van der Waals surface area contributed by atoms with Crippen molar-refractivity contribution in [3.63, 3.8) is 0 Å². The molecule has 1 aromatic heterocycles. The van der Waals surface area contributed by atoms with E-state index >= 15 is 0 Å². The van der Waals surface area contributed by atoms with Gasteiger partial charge in [-0.1, -0.05) is 12.1 Å². The zero-order chi connectivity index (χ0) is 21.5. The van der Waals surface area contributed by atoms with Crippen LogP contribution in [-0.2, 0) is 6.42 Å². The van der Waals surface area contributed by atoms with Crippen LogP contribution in [0.15, 0.2) is 67.0 Å². The minimum absolute atomic E-state index is 0.00580. The number of nitro groups is 2. The van der Waals surface area contributed by atoms with E-state index in [0.717, 1.165) is 18.5 Å². The Balaban J connectivity index is 1.54. The summed E-state index contributed by atoms with van der Waals surface area (Å²) in [5.41, 5.74) is 1.73. The minimum Gasteiger partial charge on any atom is -0.490 e. The van der Waals surface area contributed by atoms with Crippen molar-refractivity contribution in [3.8, 4) is 11.4 Å². The number of nitrogens with zero attached hydrogens (tertiary/aromatic N) is 4. The molecule has 0 aliphatic rings. The molecule has 30 heavy (non-hydrogen) atoms. The van der Waals surface area contributed by atoms with Crippen molar-refractivity contribution in [1.29, 1.82) is 0 Å². The summed E-state index contributed by atoms with van der Waals surface area (Å²) in [4.78, 5) is 23.1. The van der Waals surface area contributed by atoms with E-state index in [1.165, 1.54) is 24.3 Å². The first-order valence-corrected chi connectivity index (χ1v) is 9.40. The Morgan fingerprint density at radius 1 is 0.933 bits per heavy atom. The average Bonchev–Trinajstić information content (AvgIpc) is 3.27. The number of hydrogen-bond donors (Lipinski definition) is 0. The highest BCUT2D eigenvalue weighted by atomic mass is 16.6. The molecule has 0 spiro atoms. The molecule has 156 valence electrons. The first-order chi connectivity index (χ1) is 14.4. The second-order valence-electron chi connectivity index (χ2n) is 6.82. The predicted molar refractivity (Wildman–Crippen MR) is 112 cm³/mol. The van der Waals surface area contributed by atoms with Crippen LogP contribution >= 0.6 is 0 Å². The van der Waals surface area contributed by atoms with Crippen LogP contribution < -0.4 is 4.74 Å². The zero-order valence-electron chi connectivity index (χ0n) is 16.5. The van der Waals surface area contributed by atoms with Crippen molar-refractivity contribution in [2.24, 2.45) is 0 Å². The minimum atomic E-state index is -0.428. The molecule has 1 heterocycles. The van der Waals surface area contributed by atoms with Gasteiger partial charge >= 0.3 is 0 Å². The fraction of sp³-hybridized carbons (Fsp3) is 0.238. The van der Waals surface area contributed by atoms with Gasteiger partial charge in [0.25, 0.3) is 11.4 Å². The quantitative estimate of drug-likeness (QED) is 0.371. The highest BCUT2D eigenvalue weighted by Gasteiger charge is 2.13. The standard InChI is InChI=1S/C21H22N4O5/c1-22(13-10-17-4-6-18(7-5-17)24(26)27)14-15-30-21-9-8-19(25(28)29)16-20(21)23-11-2-3-12-23/h2-9,11-12,16H,10,13-15H2,1H3. The largest absolute Gasteiger partial charge is 0.490 e. The van der Waals surface area contributed by atoms with E-state index < -0.39 is 9.85 Å². The number of nitro benzene ring substituents is 2. The summed E-state index contributed by atoms with van der Waals surface area (Å²) in [6.07, 6.45) is 4.38. The van der Waals surface area contributed by atoms with Crippen LogP contribution in [0.5, 0.6) is 5.75 Å². The van der Waals surface area contributed by atoms with Crippen molar-refractivity contribution < 1.29 is 14.6 Å². The molecule has 0 unspecified atom stereocenters. The molecule has 3 aromatic rings. The van der Waals surface area contributed by atoms with Crippen LogP contribution in [0.3, 0.4) is 0 Å². The van der Waals surface area contributed by atoms with E-state index in [-0.39, 0.29) is 11.4 Å². The molecule has 0 atom stereocenters. The first kappa shape index (κ1) is 21.0. The number of hydrogen-bond acceptors (Lipinski definition) is 6. The van der Waals surface area contributed by atoms with Gasteiger partial charge in [-0.3, -0.25) is 20.2 Å². The van der Waals surface area contributed by atoms with E-state index in [9.17, 15) is 20.2 Å². The maximum atomic E-state index is 11.1. The highest BCUT2D eigenvalue weighted by Crippen LogP contribution is 2.28. The summed E-state index contributed by atoms with van der Waals surface area (Å²) in [6, 6.07) is 14.8. The third kappa shape index (κ3) is 5.42. The lowest BCUT2D eigenvalue weighted by Crippen LogP contribution is -2.26. The van der Waals surface area contributed by atoms with Gasteiger partial charge in [0, 0.05) is 49.7 Å². The molecule has 2 aromatic carbocycles. The molecule has 0 fully saturated rings. The fourth-order valence-electron chi connectivity index (χ4n) is 2.97. The Morgan fingerprint density at radius 2 is 1.57 bits per heavy atom. The Kier molecular flexibility index (Phi) is 6.76. The van der Waals surface area contributed by atoms with Crippen LogP contribution in [0.25, 0.3) is 5.69 Å². The number of ether oxygens (including phenoxy) is 1. The monoisotopic (exact) mass is 410 g/mol. The van der Waals surface area contributed by atoms with E-state index in [4.69, 9.17) is 4.74 Å². The second kappa shape index (κ2) is 9.66. The van der Waals surface area contributed by atoms with Gasteiger partial charge in [0.2, 0.25) is 0 Å². The molecular formula is C21H22N4O5. The Bertz CT molecular complexity index is 1000. The summed E-state index contributed by atoms with van der Waals surface area (Å²) in [7, 11) is 1.97. The highest BCUT2D eigenvalue weighted by molar-refractivity contribution is 5.53. The molecule has 0 amide bonds. The van der Waals surface area contributed by atoms with Crippen molar-refractivity contribution in [2.45, 2.75) is 6.42 Å². The van der Waals surface area contributed by atoms with Gasteiger partial charge in [-0.2, -0.15) is 0 Å². The lowest BCUT2D eigenvalue weighted by molar-refractivity contribution is -0.385. The fourth-order valence-corrected chi connectivity index (χ4v) is 2.97. The molecule has 0 aliphatic heterocycles. The first-order valence-electron chi connectivity index (χ1n) is 9.40. The van der Waals surface area contributed by atoms with Crippen LogP contribution in [0, 0.1) is 20.2 Å². The summed E-state index contributed by atoms with van der Waals surface area (Å²) < 4.78 is 7.68. The zero-order valence-corrected chi connectivity index (χ0v) is 16.5. The molecule has 0 radical (unpaired) electrons. The summed E-state index contributed by atoms with van der Waals surface area (Å²) in [6.45, 7) is 1.85. The van der Waals surface area contributed by atoms with Crippen molar-refractivity contribution in [1.82, 2.24) is 9.47 Å². The molecule has 3 rings (SSSR count). The number of benzene rings is 2. The molecule has 0 N–H and O–H groups in total. The van der Waals surface area contributed by atoms with E-state index in [1.807, 2.05) is 31.6 Å². The predicted octanol–water partition coefficient (Wildman–Crippen LogP) is 3.85. The van der Waals surface area contributed by atoms with Gasteiger partial charge in [-0.05, 0) is 37.2 Å². The summed E-state index contributed by atoms with van der Waals surface area (Å²) >= 11 is 0. The summed E-state index contributed by atoms with van der Waals surface area (Å²) in [5, 5.41) is 21.8. The van der Waals surface area contributed by atoms with Crippen molar-refractivity contribution >= 4 is 11.4 Å². The molecule has 0 aliphatic carbocycles. The summed E-state index contributed by atoms with van der Waals surface area (Å²) in [5.74, 6) is 0.570. The number of rotatable bonds is 10. The van der Waals surface area contributed by atoms with E-state index in [1.54, 1.807) is 22.8 Å². The molecule has 0 saturated heterocycles. The van der Waals surface area contributed by atoms with Gasteiger partial charge in [0.05, 0.1) is 15.5 Å². The molecule has 9 heteroatoms. The maximum absolute atomic E-state index is 11.1. The van der Waals surface area contributed by atoms with Crippen LogP contribution in [0.4, 0.5) is 11.4 Å². The molecular weight excluding hydrogens is 388 g/mol. The van der Waals surface area contributed by atoms with Crippen molar-refractivity contribution in [3.05, 3.63) is 92.8 Å². The average molecular weight is 410 g/mol. The smallest absolute Gasteiger partial charge is 0.271 e. The molecule has 9 nitrogen and oxygen atoms in total. The Morgan fingerprint density at radius 3 is 2.20 bits per heavy atom. The Hall–Kier alpha value is -3.72. The van der Waals surface area contributed by atoms with Crippen LogP contribution in [-0.4, -0.2) is 46.1 Å². The van der Waals surface area contributed by atoms with Gasteiger partial charge in [0.15, 0.2) is 0 Å². The SMILES string of the molecule is CN(CCOc1ccc([N+](=O)[O-])cc1-n1cccc1)CCc1ccc([N+](=O)[O-])cc1. The van der Waals surface area contributed by atoms with Gasteiger partial charge in [-0.15, -0.1) is 0 Å². The van der Waals surface area contributed by atoms with Crippen LogP contribution in [0.2, 0.25) is 0 Å². The molecule has 0 saturated carbocycles. The lowest BCUT2D eigenvalue weighted by atomic mass is 10.1. The third-order valence-electron chi connectivity index (χ3n) is 4.70. The molecule has 0 bridgehead atoms. The van der Waals surface area contributed by atoms with Crippen molar-refractivity contribution in [2.75, 3.05) is 26.7 Å². The van der Waals surface area contributed by atoms with Gasteiger partial charge < -0.3 is 14.2 Å². The maximum Gasteiger partial charge on any atom is 0.271 e. The number of aromatic nitrogens is 1.